The van der Waals surface area contributed by atoms with E-state index >= 15 is 0 Å². The third kappa shape index (κ3) is 3.42. The quantitative estimate of drug-likeness (QED) is 0.367. The van der Waals surface area contributed by atoms with Crippen molar-refractivity contribution in [3.05, 3.63) is 24.3 Å². The summed E-state index contributed by atoms with van der Waals surface area (Å²) in [4.78, 5) is 0. The molecule has 2 nitrogen and oxygen atoms in total. The van der Waals surface area contributed by atoms with Crippen LogP contribution in [0.2, 0.25) is 18.1 Å². The Bertz CT molecular complexity index is 433. The number of rotatable bonds is 6. The summed E-state index contributed by atoms with van der Waals surface area (Å²) in [6, 6.07) is 0. The zero-order valence-corrected chi connectivity index (χ0v) is 16.2. The first-order valence-electron chi connectivity index (χ1n) is 8.83. The Morgan fingerprint density at radius 1 is 1.32 bits per heavy atom. The summed E-state index contributed by atoms with van der Waals surface area (Å²) in [6.45, 7) is 16.8. The predicted molar refractivity (Wildman–Crippen MR) is 96.7 cm³/mol. The van der Waals surface area contributed by atoms with Crippen molar-refractivity contribution in [2.75, 3.05) is 13.2 Å². The fourth-order valence-corrected chi connectivity index (χ4v) is 5.08. The summed E-state index contributed by atoms with van der Waals surface area (Å²) < 4.78 is 12.8. The first kappa shape index (κ1) is 18.0. The molecule has 0 aromatic rings. The van der Waals surface area contributed by atoms with E-state index in [0.29, 0.717) is 19.1 Å². The lowest BCUT2D eigenvalue weighted by molar-refractivity contribution is 0.000236. The molecule has 0 spiro atoms. The Hall–Kier alpha value is -0.383. The van der Waals surface area contributed by atoms with Gasteiger partial charge in [-0.15, -0.1) is 6.58 Å². The maximum atomic E-state index is 7.02. The van der Waals surface area contributed by atoms with Crippen LogP contribution < -0.4 is 0 Å². The monoisotopic (exact) mass is 322 g/mol. The van der Waals surface area contributed by atoms with Crippen molar-refractivity contribution in [2.24, 2.45) is 5.92 Å². The van der Waals surface area contributed by atoms with Gasteiger partial charge in [-0.25, -0.2) is 0 Å². The number of fused-ring (bicyclic) bond motifs is 1. The topological polar surface area (TPSA) is 18.5 Å². The zero-order chi connectivity index (χ0) is 16.4. The van der Waals surface area contributed by atoms with Gasteiger partial charge in [0.15, 0.2) is 8.32 Å². The Morgan fingerprint density at radius 3 is 2.68 bits per heavy atom. The molecule has 2 aliphatic carbocycles. The smallest absolute Gasteiger partial charge is 0.193 e. The van der Waals surface area contributed by atoms with E-state index in [1.807, 2.05) is 6.08 Å². The second-order valence-corrected chi connectivity index (χ2v) is 13.2. The summed E-state index contributed by atoms with van der Waals surface area (Å²) in [5.41, 5.74) is 1.37. The van der Waals surface area contributed by atoms with E-state index in [1.165, 1.54) is 37.7 Å². The van der Waals surface area contributed by atoms with Gasteiger partial charge < -0.3 is 9.16 Å². The Kier molecular flexibility index (Phi) is 5.41. The van der Waals surface area contributed by atoms with Gasteiger partial charge in [-0.1, -0.05) is 52.2 Å². The van der Waals surface area contributed by atoms with Gasteiger partial charge in [0.25, 0.3) is 0 Å². The van der Waals surface area contributed by atoms with Crippen LogP contribution in [0, 0.1) is 5.92 Å². The minimum absolute atomic E-state index is 0.0271. The maximum absolute atomic E-state index is 7.02. The molecule has 1 saturated carbocycles. The van der Waals surface area contributed by atoms with Crippen LogP contribution in [-0.2, 0) is 9.16 Å². The van der Waals surface area contributed by atoms with Crippen molar-refractivity contribution < 1.29 is 9.16 Å². The molecule has 0 amide bonds. The molecule has 0 radical (unpaired) electrons. The number of hydrogen-bond acceptors (Lipinski definition) is 2. The summed E-state index contributed by atoms with van der Waals surface area (Å²) in [7, 11) is -1.78. The van der Waals surface area contributed by atoms with Crippen molar-refractivity contribution in [3.8, 4) is 0 Å². The molecule has 0 aromatic heterocycles. The summed E-state index contributed by atoms with van der Waals surface area (Å²) >= 11 is 0. The first-order valence-corrected chi connectivity index (χ1v) is 11.7. The van der Waals surface area contributed by atoms with Crippen LogP contribution in [0.4, 0.5) is 0 Å². The molecule has 2 atom stereocenters. The highest BCUT2D eigenvalue weighted by molar-refractivity contribution is 6.74. The second-order valence-electron chi connectivity index (χ2n) is 8.45. The highest BCUT2D eigenvalue weighted by Gasteiger charge is 2.54. The third-order valence-corrected chi connectivity index (χ3v) is 10.3. The molecule has 3 heteroatoms. The molecule has 22 heavy (non-hydrogen) atoms. The van der Waals surface area contributed by atoms with Gasteiger partial charge in [0, 0.05) is 5.92 Å². The van der Waals surface area contributed by atoms with E-state index in [0.717, 1.165) is 0 Å². The van der Waals surface area contributed by atoms with E-state index in [9.17, 15) is 0 Å². The van der Waals surface area contributed by atoms with E-state index in [-0.39, 0.29) is 10.6 Å². The predicted octanol–water partition coefficient (Wildman–Crippen LogP) is 5.47. The van der Waals surface area contributed by atoms with Crippen molar-refractivity contribution >= 4 is 8.32 Å². The molecule has 0 aliphatic heterocycles. The Balaban J connectivity index is 2.20. The minimum atomic E-state index is -1.78. The van der Waals surface area contributed by atoms with E-state index < -0.39 is 8.32 Å². The Labute approximate surface area is 138 Å². The molecule has 0 saturated heterocycles. The largest absolute Gasteiger partial charge is 0.407 e. The molecular weight excluding hydrogens is 288 g/mol. The standard InChI is InChI=1S/C19H34O2Si/c1-7-13-20-15-17-14-16-11-9-8-10-12-19(16,17)21-22(5,6)18(2,3)4/h7,14,16H,1,8-13,15H2,2-6H3/t16-,19+/m1/s1. The third-order valence-electron chi connectivity index (χ3n) is 5.84. The fourth-order valence-electron chi connectivity index (χ4n) is 3.47. The zero-order valence-electron chi connectivity index (χ0n) is 15.2. The molecule has 1 fully saturated rings. The van der Waals surface area contributed by atoms with Crippen molar-refractivity contribution in [2.45, 2.75) is 76.6 Å². The molecule has 2 aliphatic rings. The lowest BCUT2D eigenvalue weighted by Gasteiger charge is -2.54. The summed E-state index contributed by atoms with van der Waals surface area (Å²) in [5, 5.41) is 0.251. The molecule has 0 unspecified atom stereocenters. The molecule has 126 valence electrons. The molecular formula is C19H34O2Si. The van der Waals surface area contributed by atoms with E-state index in [2.05, 4.69) is 46.5 Å². The van der Waals surface area contributed by atoms with E-state index in [1.54, 1.807) is 0 Å². The van der Waals surface area contributed by atoms with Gasteiger partial charge in [-0.3, -0.25) is 0 Å². The van der Waals surface area contributed by atoms with Crippen LogP contribution in [0.3, 0.4) is 0 Å². The first-order chi connectivity index (χ1) is 10.2. The molecule has 0 aromatic carbocycles. The summed E-state index contributed by atoms with van der Waals surface area (Å²) in [6.07, 6.45) is 10.7. The van der Waals surface area contributed by atoms with Crippen LogP contribution >= 0.6 is 0 Å². The Morgan fingerprint density at radius 2 is 2.05 bits per heavy atom. The van der Waals surface area contributed by atoms with Crippen LogP contribution in [-0.4, -0.2) is 27.1 Å². The average Bonchev–Trinajstić information content (AvgIpc) is 2.55. The van der Waals surface area contributed by atoms with Gasteiger partial charge in [0.05, 0.1) is 18.8 Å². The lowest BCUT2D eigenvalue weighted by Crippen LogP contribution is -2.58. The van der Waals surface area contributed by atoms with Gasteiger partial charge in [-0.05, 0) is 36.5 Å². The number of hydrogen-bond donors (Lipinski definition) is 0. The average molecular weight is 323 g/mol. The van der Waals surface area contributed by atoms with Crippen molar-refractivity contribution in [3.63, 3.8) is 0 Å². The van der Waals surface area contributed by atoms with Crippen LogP contribution in [0.15, 0.2) is 24.3 Å². The second kappa shape index (κ2) is 6.62. The molecule has 2 rings (SSSR count). The maximum Gasteiger partial charge on any atom is 0.193 e. The molecule has 0 bridgehead atoms. The van der Waals surface area contributed by atoms with Crippen LogP contribution in [0.25, 0.3) is 0 Å². The van der Waals surface area contributed by atoms with Gasteiger partial charge in [0.2, 0.25) is 0 Å². The molecule has 0 N–H and O–H groups in total. The summed E-state index contributed by atoms with van der Waals surface area (Å²) in [5.74, 6) is 0.603. The normalized spacial score (nSPS) is 29.1. The molecule has 0 heterocycles. The lowest BCUT2D eigenvalue weighted by atomic mass is 9.68. The van der Waals surface area contributed by atoms with Crippen molar-refractivity contribution in [1.82, 2.24) is 0 Å². The SMILES string of the molecule is C=CCOCC1=C[C@H]2CCCCC[C@@]12O[Si](C)(C)C(C)(C)C. The fraction of sp³-hybridized carbons (Fsp3) is 0.789. The highest BCUT2D eigenvalue weighted by Crippen LogP contribution is 2.53. The van der Waals surface area contributed by atoms with Gasteiger partial charge in [0.1, 0.15) is 0 Å². The highest BCUT2D eigenvalue weighted by atomic mass is 28.4. The van der Waals surface area contributed by atoms with Crippen molar-refractivity contribution in [1.29, 1.82) is 0 Å². The minimum Gasteiger partial charge on any atom is -0.407 e. The van der Waals surface area contributed by atoms with Gasteiger partial charge in [-0.2, -0.15) is 0 Å². The number of ether oxygens (including phenoxy) is 1. The van der Waals surface area contributed by atoms with E-state index in [4.69, 9.17) is 9.16 Å². The van der Waals surface area contributed by atoms with Crippen LogP contribution in [0.1, 0.15) is 52.9 Å². The van der Waals surface area contributed by atoms with Crippen LogP contribution in [0.5, 0.6) is 0 Å². The van der Waals surface area contributed by atoms with Gasteiger partial charge >= 0.3 is 0 Å².